The Morgan fingerprint density at radius 1 is 1.36 bits per heavy atom. The monoisotopic (exact) mass is 304 g/mol. The lowest BCUT2D eigenvalue weighted by atomic mass is 9.99. The number of carbonyl (C=O) groups is 1. The molecule has 0 saturated carbocycles. The van der Waals surface area contributed by atoms with Crippen molar-refractivity contribution in [1.29, 1.82) is 0 Å². The minimum Gasteiger partial charge on any atom is -0.396 e. The molecule has 1 saturated heterocycles. The molecule has 1 aromatic carbocycles. The summed E-state index contributed by atoms with van der Waals surface area (Å²) >= 11 is 0. The number of hydrogen-bond donors (Lipinski definition) is 1. The molecule has 4 nitrogen and oxygen atoms in total. The number of carbonyl (C=O) groups excluding carboxylic acids is 1. The fourth-order valence-corrected chi connectivity index (χ4v) is 3.06. The molecule has 0 bridgehead atoms. The third kappa shape index (κ3) is 4.82. The first kappa shape index (κ1) is 17.0. The lowest BCUT2D eigenvalue weighted by molar-refractivity contribution is -0.135. The van der Waals surface area contributed by atoms with E-state index in [0.717, 1.165) is 31.5 Å². The van der Waals surface area contributed by atoms with E-state index in [1.54, 1.807) is 0 Å². The van der Waals surface area contributed by atoms with E-state index in [1.165, 1.54) is 0 Å². The molecule has 1 amide bonds. The van der Waals surface area contributed by atoms with Crippen LogP contribution < -0.4 is 0 Å². The van der Waals surface area contributed by atoms with Gasteiger partial charge in [0.2, 0.25) is 5.91 Å². The van der Waals surface area contributed by atoms with Crippen molar-refractivity contribution in [1.82, 2.24) is 9.80 Å². The zero-order chi connectivity index (χ0) is 15.9. The summed E-state index contributed by atoms with van der Waals surface area (Å²) in [6, 6.07) is 10.3. The van der Waals surface area contributed by atoms with E-state index in [9.17, 15) is 9.90 Å². The third-order valence-electron chi connectivity index (χ3n) is 4.36. The van der Waals surface area contributed by atoms with Crippen molar-refractivity contribution in [3.8, 4) is 0 Å². The van der Waals surface area contributed by atoms with Gasteiger partial charge in [-0.2, -0.15) is 0 Å². The van der Waals surface area contributed by atoms with E-state index >= 15 is 0 Å². The van der Waals surface area contributed by atoms with Gasteiger partial charge in [-0.3, -0.25) is 9.69 Å². The van der Waals surface area contributed by atoms with Crippen molar-refractivity contribution < 1.29 is 9.90 Å². The molecular formula is C18H28N2O2. The summed E-state index contributed by atoms with van der Waals surface area (Å²) in [7, 11) is 0. The Bertz CT molecular complexity index is 461. The second kappa shape index (κ2) is 8.30. The summed E-state index contributed by atoms with van der Waals surface area (Å²) in [6.45, 7) is 7.26. The number of nitrogens with zero attached hydrogens (tertiary/aromatic N) is 2. The molecule has 1 unspecified atom stereocenters. The SMILES string of the molecule is CC(C)N(Cc1ccccc1)C(=O)CN1CCCC(CO)C1. The number of likely N-dealkylation sites (tertiary alicyclic amines) is 1. The lowest BCUT2D eigenvalue weighted by Crippen LogP contribution is -2.46. The van der Waals surface area contributed by atoms with Crippen molar-refractivity contribution >= 4 is 5.91 Å². The normalized spacial score (nSPS) is 19.4. The van der Waals surface area contributed by atoms with Crippen LogP contribution in [0.15, 0.2) is 30.3 Å². The summed E-state index contributed by atoms with van der Waals surface area (Å²) in [5.74, 6) is 0.501. The smallest absolute Gasteiger partial charge is 0.237 e. The third-order valence-corrected chi connectivity index (χ3v) is 4.36. The minimum absolute atomic E-state index is 0.178. The number of amides is 1. The second-order valence-corrected chi connectivity index (χ2v) is 6.53. The van der Waals surface area contributed by atoms with E-state index in [1.807, 2.05) is 23.1 Å². The van der Waals surface area contributed by atoms with E-state index in [-0.39, 0.29) is 18.6 Å². The summed E-state index contributed by atoms with van der Waals surface area (Å²) in [4.78, 5) is 16.8. The number of aliphatic hydroxyl groups excluding tert-OH is 1. The molecule has 1 N–H and O–H groups in total. The molecule has 1 heterocycles. The van der Waals surface area contributed by atoms with E-state index in [4.69, 9.17) is 0 Å². The van der Waals surface area contributed by atoms with Crippen molar-refractivity contribution in [2.24, 2.45) is 5.92 Å². The van der Waals surface area contributed by atoms with Gasteiger partial charge in [-0.15, -0.1) is 0 Å². The molecule has 2 rings (SSSR count). The van der Waals surface area contributed by atoms with Gasteiger partial charge in [0.1, 0.15) is 0 Å². The first-order chi connectivity index (χ1) is 10.6. The molecule has 22 heavy (non-hydrogen) atoms. The van der Waals surface area contributed by atoms with E-state index < -0.39 is 0 Å². The summed E-state index contributed by atoms with van der Waals surface area (Å²) < 4.78 is 0. The highest BCUT2D eigenvalue weighted by atomic mass is 16.3. The average Bonchev–Trinajstić information content (AvgIpc) is 2.53. The van der Waals surface area contributed by atoms with Crippen molar-refractivity contribution in [3.05, 3.63) is 35.9 Å². The van der Waals surface area contributed by atoms with Crippen LogP contribution in [0, 0.1) is 5.92 Å². The van der Waals surface area contributed by atoms with Crippen molar-refractivity contribution in [3.63, 3.8) is 0 Å². The largest absolute Gasteiger partial charge is 0.396 e. The number of benzene rings is 1. The zero-order valence-electron chi connectivity index (χ0n) is 13.7. The highest BCUT2D eigenvalue weighted by Crippen LogP contribution is 2.16. The molecule has 0 aromatic heterocycles. The van der Waals surface area contributed by atoms with Gasteiger partial charge in [-0.1, -0.05) is 30.3 Å². The average molecular weight is 304 g/mol. The Balaban J connectivity index is 1.95. The van der Waals surface area contributed by atoms with Crippen LogP contribution in [0.4, 0.5) is 0 Å². The number of piperidine rings is 1. The Morgan fingerprint density at radius 2 is 2.09 bits per heavy atom. The Labute approximate surface area is 133 Å². The Kier molecular flexibility index (Phi) is 6.40. The molecule has 0 radical (unpaired) electrons. The van der Waals surface area contributed by atoms with Crippen LogP contribution in [0.3, 0.4) is 0 Å². The van der Waals surface area contributed by atoms with E-state index in [0.29, 0.717) is 19.0 Å². The fourth-order valence-electron chi connectivity index (χ4n) is 3.06. The number of aliphatic hydroxyl groups is 1. The van der Waals surface area contributed by atoms with Gasteiger partial charge in [0.05, 0.1) is 6.54 Å². The molecule has 1 aliphatic heterocycles. The van der Waals surface area contributed by atoms with Gasteiger partial charge in [0.15, 0.2) is 0 Å². The van der Waals surface area contributed by atoms with Crippen molar-refractivity contribution in [2.75, 3.05) is 26.2 Å². The van der Waals surface area contributed by atoms with Gasteiger partial charge in [-0.25, -0.2) is 0 Å². The summed E-state index contributed by atoms with van der Waals surface area (Å²) in [6.07, 6.45) is 2.14. The number of hydrogen-bond acceptors (Lipinski definition) is 3. The molecule has 1 fully saturated rings. The van der Waals surface area contributed by atoms with Gasteiger partial charge in [-0.05, 0) is 44.7 Å². The summed E-state index contributed by atoms with van der Waals surface area (Å²) in [5, 5.41) is 9.31. The zero-order valence-corrected chi connectivity index (χ0v) is 13.7. The molecule has 0 aliphatic carbocycles. The predicted molar refractivity (Wildman–Crippen MR) is 88.4 cm³/mol. The van der Waals surface area contributed by atoms with Crippen LogP contribution in [0.1, 0.15) is 32.3 Å². The minimum atomic E-state index is 0.178. The molecule has 1 aliphatic rings. The highest BCUT2D eigenvalue weighted by Gasteiger charge is 2.24. The van der Waals surface area contributed by atoms with Gasteiger partial charge >= 0.3 is 0 Å². The first-order valence-corrected chi connectivity index (χ1v) is 8.26. The maximum absolute atomic E-state index is 12.7. The topological polar surface area (TPSA) is 43.8 Å². The quantitative estimate of drug-likeness (QED) is 0.875. The molecule has 1 aromatic rings. The van der Waals surface area contributed by atoms with Crippen LogP contribution in [0.25, 0.3) is 0 Å². The maximum Gasteiger partial charge on any atom is 0.237 e. The standard InChI is InChI=1S/C18H28N2O2/c1-15(2)20(12-16-7-4-3-5-8-16)18(22)13-19-10-6-9-17(11-19)14-21/h3-5,7-8,15,17,21H,6,9-14H2,1-2H3. The number of rotatable bonds is 6. The molecular weight excluding hydrogens is 276 g/mol. The van der Waals surface area contributed by atoms with Crippen LogP contribution in [0.2, 0.25) is 0 Å². The van der Waals surface area contributed by atoms with Crippen LogP contribution in [0.5, 0.6) is 0 Å². The van der Waals surface area contributed by atoms with Crippen LogP contribution in [-0.2, 0) is 11.3 Å². The van der Waals surface area contributed by atoms with Crippen LogP contribution in [-0.4, -0.2) is 53.1 Å². The second-order valence-electron chi connectivity index (χ2n) is 6.53. The van der Waals surface area contributed by atoms with Crippen molar-refractivity contribution in [2.45, 2.75) is 39.3 Å². The van der Waals surface area contributed by atoms with E-state index in [2.05, 4.69) is 30.9 Å². The summed E-state index contributed by atoms with van der Waals surface area (Å²) in [5.41, 5.74) is 1.16. The highest BCUT2D eigenvalue weighted by molar-refractivity contribution is 5.78. The first-order valence-electron chi connectivity index (χ1n) is 8.26. The maximum atomic E-state index is 12.7. The molecule has 0 spiro atoms. The van der Waals surface area contributed by atoms with Crippen LogP contribution >= 0.6 is 0 Å². The fraction of sp³-hybridized carbons (Fsp3) is 0.611. The molecule has 4 heteroatoms. The van der Waals surface area contributed by atoms with Gasteiger partial charge in [0.25, 0.3) is 0 Å². The Hall–Kier alpha value is -1.39. The Morgan fingerprint density at radius 3 is 2.73 bits per heavy atom. The molecule has 1 atom stereocenters. The van der Waals surface area contributed by atoms with Gasteiger partial charge in [0, 0.05) is 25.7 Å². The predicted octanol–water partition coefficient (Wildman–Crippen LogP) is 2.13. The van der Waals surface area contributed by atoms with Gasteiger partial charge < -0.3 is 10.0 Å². The molecule has 122 valence electrons. The lowest BCUT2D eigenvalue weighted by Gasteiger charge is -2.34.